The van der Waals surface area contributed by atoms with Crippen molar-refractivity contribution in [3.8, 4) is 0 Å². The lowest BCUT2D eigenvalue weighted by atomic mass is 10.1. The van der Waals surface area contributed by atoms with Crippen LogP contribution in [0.5, 0.6) is 0 Å². The number of amides is 1. The summed E-state index contributed by atoms with van der Waals surface area (Å²) in [4.78, 5) is 11.8. The SMILES string of the molecule is Cc1cccc(NC(=O)C2CCCCO2)c1. The molecule has 1 aliphatic heterocycles. The fourth-order valence-electron chi connectivity index (χ4n) is 1.89. The van der Waals surface area contributed by atoms with E-state index in [1.54, 1.807) is 0 Å². The summed E-state index contributed by atoms with van der Waals surface area (Å²) in [6, 6.07) is 7.80. The van der Waals surface area contributed by atoms with Crippen molar-refractivity contribution in [1.29, 1.82) is 0 Å². The Bertz CT molecular complexity index is 370. The molecule has 1 saturated heterocycles. The average Bonchev–Trinajstić information content (AvgIpc) is 2.30. The number of ether oxygens (including phenoxy) is 1. The van der Waals surface area contributed by atoms with Crippen LogP contribution in [0.2, 0.25) is 0 Å². The molecule has 0 aliphatic carbocycles. The first kappa shape index (κ1) is 11.1. The Balaban J connectivity index is 1.96. The monoisotopic (exact) mass is 219 g/mol. The van der Waals surface area contributed by atoms with Gasteiger partial charge >= 0.3 is 0 Å². The van der Waals surface area contributed by atoms with Crippen LogP contribution in [0.15, 0.2) is 24.3 Å². The minimum atomic E-state index is -0.269. The second-order valence-corrected chi connectivity index (χ2v) is 4.21. The summed E-state index contributed by atoms with van der Waals surface area (Å²) in [5.74, 6) is -0.0229. The van der Waals surface area contributed by atoms with Crippen LogP contribution in [0.4, 0.5) is 5.69 Å². The summed E-state index contributed by atoms with van der Waals surface area (Å²) < 4.78 is 5.43. The fourth-order valence-corrected chi connectivity index (χ4v) is 1.89. The zero-order valence-corrected chi connectivity index (χ0v) is 9.53. The molecule has 0 radical (unpaired) electrons. The van der Waals surface area contributed by atoms with Crippen LogP contribution in [0.25, 0.3) is 0 Å². The van der Waals surface area contributed by atoms with Crippen LogP contribution < -0.4 is 5.32 Å². The van der Waals surface area contributed by atoms with Crippen molar-refractivity contribution in [2.45, 2.75) is 32.3 Å². The van der Waals surface area contributed by atoms with Gasteiger partial charge in [0.1, 0.15) is 6.10 Å². The lowest BCUT2D eigenvalue weighted by Crippen LogP contribution is -2.33. The number of aryl methyl sites for hydroxylation is 1. The number of hydrogen-bond donors (Lipinski definition) is 1. The third kappa shape index (κ3) is 2.83. The molecule has 1 aromatic rings. The zero-order chi connectivity index (χ0) is 11.4. The molecule has 1 atom stereocenters. The predicted molar refractivity (Wildman–Crippen MR) is 63.4 cm³/mol. The number of rotatable bonds is 2. The Morgan fingerprint density at radius 1 is 1.44 bits per heavy atom. The van der Waals surface area contributed by atoms with Gasteiger partial charge in [0.15, 0.2) is 0 Å². The molecular formula is C13H17NO2. The number of benzene rings is 1. The molecule has 0 saturated carbocycles. The van der Waals surface area contributed by atoms with Crippen molar-refractivity contribution in [3.05, 3.63) is 29.8 Å². The predicted octanol–water partition coefficient (Wildman–Crippen LogP) is 2.50. The normalized spacial score (nSPS) is 20.4. The van der Waals surface area contributed by atoms with Gasteiger partial charge in [-0.1, -0.05) is 12.1 Å². The minimum absolute atomic E-state index is 0.0229. The van der Waals surface area contributed by atoms with E-state index in [0.29, 0.717) is 6.61 Å². The molecule has 0 bridgehead atoms. The smallest absolute Gasteiger partial charge is 0.253 e. The van der Waals surface area contributed by atoms with Gasteiger partial charge in [0.2, 0.25) is 0 Å². The summed E-state index contributed by atoms with van der Waals surface area (Å²) in [6.07, 6.45) is 2.70. The second-order valence-electron chi connectivity index (χ2n) is 4.21. The Morgan fingerprint density at radius 2 is 2.31 bits per heavy atom. The lowest BCUT2D eigenvalue weighted by molar-refractivity contribution is -0.129. The molecule has 3 heteroatoms. The van der Waals surface area contributed by atoms with Gasteiger partial charge in [0.25, 0.3) is 5.91 Å². The van der Waals surface area contributed by atoms with Gasteiger partial charge in [-0.2, -0.15) is 0 Å². The van der Waals surface area contributed by atoms with E-state index in [1.807, 2.05) is 31.2 Å². The van der Waals surface area contributed by atoms with E-state index in [1.165, 1.54) is 0 Å². The maximum Gasteiger partial charge on any atom is 0.253 e. The van der Waals surface area contributed by atoms with Crippen LogP contribution in [-0.2, 0) is 9.53 Å². The summed E-state index contributed by atoms with van der Waals surface area (Å²) in [6.45, 7) is 2.71. The van der Waals surface area contributed by atoms with Crippen LogP contribution in [0, 0.1) is 6.92 Å². The third-order valence-electron chi connectivity index (χ3n) is 2.76. The van der Waals surface area contributed by atoms with Crippen LogP contribution in [0.1, 0.15) is 24.8 Å². The van der Waals surface area contributed by atoms with Gasteiger partial charge in [0, 0.05) is 12.3 Å². The highest BCUT2D eigenvalue weighted by molar-refractivity contribution is 5.94. The van der Waals surface area contributed by atoms with E-state index < -0.39 is 0 Å². The first-order valence-electron chi connectivity index (χ1n) is 5.75. The Kier molecular flexibility index (Phi) is 3.57. The fraction of sp³-hybridized carbons (Fsp3) is 0.462. The number of hydrogen-bond acceptors (Lipinski definition) is 2. The topological polar surface area (TPSA) is 38.3 Å². The molecule has 1 N–H and O–H groups in total. The highest BCUT2D eigenvalue weighted by Crippen LogP contribution is 2.16. The first-order chi connectivity index (χ1) is 7.75. The molecule has 3 nitrogen and oxygen atoms in total. The summed E-state index contributed by atoms with van der Waals surface area (Å²) in [7, 11) is 0. The molecular weight excluding hydrogens is 202 g/mol. The number of carbonyl (C=O) groups excluding carboxylic acids is 1. The van der Waals surface area contributed by atoms with Crippen molar-refractivity contribution >= 4 is 11.6 Å². The molecule has 1 aromatic carbocycles. The standard InChI is InChI=1S/C13H17NO2/c1-10-5-4-6-11(9-10)14-13(15)12-7-2-3-8-16-12/h4-6,9,12H,2-3,7-8H2,1H3,(H,14,15). The number of nitrogens with one attached hydrogen (secondary N) is 1. The second kappa shape index (κ2) is 5.12. The third-order valence-corrected chi connectivity index (χ3v) is 2.76. The van der Waals surface area contributed by atoms with Gasteiger partial charge in [-0.15, -0.1) is 0 Å². The molecule has 86 valence electrons. The number of carbonyl (C=O) groups is 1. The number of anilines is 1. The van der Waals surface area contributed by atoms with E-state index in [4.69, 9.17) is 4.74 Å². The van der Waals surface area contributed by atoms with Crippen LogP contribution >= 0.6 is 0 Å². The summed E-state index contributed by atoms with van der Waals surface area (Å²) >= 11 is 0. The average molecular weight is 219 g/mol. The molecule has 1 unspecified atom stereocenters. The van der Waals surface area contributed by atoms with Crippen molar-refractivity contribution < 1.29 is 9.53 Å². The maximum atomic E-state index is 11.8. The van der Waals surface area contributed by atoms with Gasteiger partial charge in [-0.3, -0.25) is 4.79 Å². The molecule has 0 spiro atoms. The molecule has 1 amide bonds. The van der Waals surface area contributed by atoms with Gasteiger partial charge in [-0.05, 0) is 43.9 Å². The highest BCUT2D eigenvalue weighted by atomic mass is 16.5. The van der Waals surface area contributed by atoms with Crippen LogP contribution in [-0.4, -0.2) is 18.6 Å². The van der Waals surface area contributed by atoms with E-state index in [9.17, 15) is 4.79 Å². The van der Waals surface area contributed by atoms with Crippen molar-refractivity contribution in [2.24, 2.45) is 0 Å². The van der Waals surface area contributed by atoms with Gasteiger partial charge < -0.3 is 10.1 Å². The molecule has 1 fully saturated rings. The molecule has 1 heterocycles. The minimum Gasteiger partial charge on any atom is -0.368 e. The largest absolute Gasteiger partial charge is 0.368 e. The van der Waals surface area contributed by atoms with Crippen LogP contribution in [0.3, 0.4) is 0 Å². The zero-order valence-electron chi connectivity index (χ0n) is 9.53. The maximum absolute atomic E-state index is 11.8. The van der Waals surface area contributed by atoms with E-state index in [-0.39, 0.29) is 12.0 Å². The van der Waals surface area contributed by atoms with E-state index >= 15 is 0 Å². The summed E-state index contributed by atoms with van der Waals surface area (Å²) in [5.41, 5.74) is 1.99. The van der Waals surface area contributed by atoms with Gasteiger partial charge in [0.05, 0.1) is 0 Å². The van der Waals surface area contributed by atoms with E-state index in [0.717, 1.165) is 30.5 Å². The lowest BCUT2D eigenvalue weighted by Gasteiger charge is -2.21. The highest BCUT2D eigenvalue weighted by Gasteiger charge is 2.21. The van der Waals surface area contributed by atoms with Gasteiger partial charge in [-0.25, -0.2) is 0 Å². The Morgan fingerprint density at radius 3 is 3.00 bits per heavy atom. The molecule has 0 aromatic heterocycles. The Labute approximate surface area is 95.8 Å². The van der Waals surface area contributed by atoms with E-state index in [2.05, 4.69) is 5.32 Å². The summed E-state index contributed by atoms with van der Waals surface area (Å²) in [5, 5.41) is 2.89. The van der Waals surface area contributed by atoms with Crippen molar-refractivity contribution in [3.63, 3.8) is 0 Å². The molecule has 2 rings (SSSR count). The Hall–Kier alpha value is -1.35. The first-order valence-corrected chi connectivity index (χ1v) is 5.75. The molecule has 16 heavy (non-hydrogen) atoms. The van der Waals surface area contributed by atoms with Crippen molar-refractivity contribution in [1.82, 2.24) is 0 Å². The molecule has 1 aliphatic rings. The van der Waals surface area contributed by atoms with Crippen molar-refractivity contribution in [2.75, 3.05) is 11.9 Å². The quantitative estimate of drug-likeness (QED) is 0.830.